The van der Waals surface area contributed by atoms with E-state index in [4.69, 9.17) is 23.2 Å². The van der Waals surface area contributed by atoms with Gasteiger partial charge in [0.2, 0.25) is 0 Å². The van der Waals surface area contributed by atoms with Crippen molar-refractivity contribution >= 4 is 50.7 Å². The summed E-state index contributed by atoms with van der Waals surface area (Å²) in [6.07, 6.45) is 1.56. The summed E-state index contributed by atoms with van der Waals surface area (Å²) in [6, 6.07) is 8.24. The molecule has 1 aromatic heterocycles. The van der Waals surface area contributed by atoms with Gasteiger partial charge in [0.15, 0.2) is 0 Å². The van der Waals surface area contributed by atoms with Crippen molar-refractivity contribution in [2.75, 3.05) is 5.32 Å². The molecule has 0 saturated heterocycles. The van der Waals surface area contributed by atoms with Crippen molar-refractivity contribution in [3.63, 3.8) is 0 Å². The van der Waals surface area contributed by atoms with Gasteiger partial charge in [-0.05, 0) is 46.3 Å². The fourth-order valence-electron chi connectivity index (χ4n) is 1.28. The Kier molecular flexibility index (Phi) is 4.22. The van der Waals surface area contributed by atoms with Crippen molar-refractivity contribution in [1.82, 2.24) is 4.98 Å². The van der Waals surface area contributed by atoms with E-state index >= 15 is 0 Å². The first kappa shape index (κ1) is 13.3. The van der Waals surface area contributed by atoms with E-state index in [-0.39, 0.29) is 5.91 Å². The van der Waals surface area contributed by atoms with Crippen LogP contribution >= 0.6 is 39.1 Å². The highest BCUT2D eigenvalue weighted by Gasteiger charge is 2.08. The highest BCUT2D eigenvalue weighted by Crippen LogP contribution is 2.25. The van der Waals surface area contributed by atoms with E-state index in [1.807, 2.05) is 0 Å². The van der Waals surface area contributed by atoms with E-state index in [0.29, 0.717) is 21.4 Å². The molecule has 1 N–H and O–H groups in total. The van der Waals surface area contributed by atoms with E-state index < -0.39 is 0 Å². The van der Waals surface area contributed by atoms with Crippen molar-refractivity contribution in [2.45, 2.75) is 0 Å². The number of hydrogen-bond acceptors (Lipinski definition) is 2. The molecule has 1 heterocycles. The number of carbonyl (C=O) groups is 1. The Morgan fingerprint density at radius 3 is 2.56 bits per heavy atom. The molecular formula is C12H7BrCl2N2O. The van der Waals surface area contributed by atoms with Crippen molar-refractivity contribution in [3.05, 3.63) is 56.7 Å². The predicted octanol–water partition coefficient (Wildman–Crippen LogP) is 4.40. The van der Waals surface area contributed by atoms with Crippen molar-refractivity contribution in [3.8, 4) is 0 Å². The predicted molar refractivity (Wildman–Crippen MR) is 76.4 cm³/mol. The number of hydrogen-bond donors (Lipinski definition) is 1. The Morgan fingerprint density at radius 1 is 1.17 bits per heavy atom. The van der Waals surface area contributed by atoms with Gasteiger partial charge < -0.3 is 5.32 Å². The minimum Gasteiger partial charge on any atom is -0.321 e. The second kappa shape index (κ2) is 5.69. The Morgan fingerprint density at radius 2 is 1.94 bits per heavy atom. The molecule has 1 aromatic carbocycles. The molecule has 0 atom stereocenters. The van der Waals surface area contributed by atoms with Crippen LogP contribution in [0.2, 0.25) is 10.0 Å². The van der Waals surface area contributed by atoms with Crippen molar-refractivity contribution in [1.29, 1.82) is 0 Å². The maximum Gasteiger partial charge on any atom is 0.274 e. The fourth-order valence-corrected chi connectivity index (χ4v) is 1.81. The lowest BCUT2D eigenvalue weighted by Gasteiger charge is -2.05. The minimum atomic E-state index is -0.305. The summed E-state index contributed by atoms with van der Waals surface area (Å²) < 4.78 is 0.814. The monoisotopic (exact) mass is 344 g/mol. The lowest BCUT2D eigenvalue weighted by Crippen LogP contribution is -2.13. The molecule has 0 aliphatic heterocycles. The van der Waals surface area contributed by atoms with Crippen LogP contribution in [0.5, 0.6) is 0 Å². The summed E-state index contributed by atoms with van der Waals surface area (Å²) in [5, 5.41) is 3.51. The molecule has 0 aliphatic rings. The van der Waals surface area contributed by atoms with E-state index in [1.165, 1.54) is 0 Å². The maximum absolute atomic E-state index is 11.9. The quantitative estimate of drug-likeness (QED) is 0.876. The van der Waals surface area contributed by atoms with Crippen LogP contribution in [-0.2, 0) is 0 Å². The minimum absolute atomic E-state index is 0.305. The lowest BCUT2D eigenvalue weighted by molar-refractivity contribution is 0.102. The Balaban J connectivity index is 2.16. The third kappa shape index (κ3) is 3.22. The van der Waals surface area contributed by atoms with Gasteiger partial charge in [-0.25, -0.2) is 4.98 Å². The van der Waals surface area contributed by atoms with E-state index in [2.05, 4.69) is 26.2 Å². The summed E-state index contributed by atoms with van der Waals surface area (Å²) in [5.41, 5.74) is 0.892. The highest BCUT2D eigenvalue weighted by atomic mass is 79.9. The standard InChI is InChI=1S/C12H7BrCl2N2O/c13-7-1-4-11(16-6-7)12(18)17-8-2-3-9(14)10(15)5-8/h1-6H,(H,17,18). The van der Waals surface area contributed by atoms with Gasteiger partial charge in [0, 0.05) is 16.4 Å². The van der Waals surface area contributed by atoms with Gasteiger partial charge in [0.1, 0.15) is 5.69 Å². The third-order valence-electron chi connectivity index (χ3n) is 2.14. The largest absolute Gasteiger partial charge is 0.321 e. The molecule has 6 heteroatoms. The molecule has 2 rings (SSSR count). The normalized spacial score (nSPS) is 10.2. The number of rotatable bonds is 2. The number of aromatic nitrogens is 1. The average Bonchev–Trinajstić information content (AvgIpc) is 2.34. The van der Waals surface area contributed by atoms with Gasteiger partial charge in [-0.2, -0.15) is 0 Å². The number of anilines is 1. The first-order valence-corrected chi connectivity index (χ1v) is 6.49. The average molecular weight is 346 g/mol. The number of amides is 1. The number of pyridine rings is 1. The Labute approximate surface area is 122 Å². The zero-order valence-electron chi connectivity index (χ0n) is 8.95. The van der Waals surface area contributed by atoms with Gasteiger partial charge in [0.05, 0.1) is 10.0 Å². The highest BCUT2D eigenvalue weighted by molar-refractivity contribution is 9.10. The summed E-state index contributed by atoms with van der Waals surface area (Å²) >= 11 is 14.9. The van der Waals surface area contributed by atoms with Crippen LogP contribution in [0.4, 0.5) is 5.69 Å². The first-order chi connectivity index (χ1) is 8.56. The number of nitrogens with one attached hydrogen (secondary N) is 1. The molecule has 0 spiro atoms. The van der Waals surface area contributed by atoms with Gasteiger partial charge in [-0.1, -0.05) is 23.2 Å². The van der Waals surface area contributed by atoms with Crippen LogP contribution in [0.25, 0.3) is 0 Å². The molecule has 0 fully saturated rings. The lowest BCUT2D eigenvalue weighted by atomic mass is 10.3. The molecule has 3 nitrogen and oxygen atoms in total. The number of halogens is 3. The van der Waals surface area contributed by atoms with Crippen molar-refractivity contribution in [2.24, 2.45) is 0 Å². The van der Waals surface area contributed by atoms with Gasteiger partial charge in [0.25, 0.3) is 5.91 Å². The summed E-state index contributed by atoms with van der Waals surface area (Å²) in [6.45, 7) is 0. The van der Waals surface area contributed by atoms with E-state index in [9.17, 15) is 4.79 Å². The second-order valence-corrected chi connectivity index (χ2v) is 5.17. The molecule has 92 valence electrons. The molecule has 0 radical (unpaired) electrons. The van der Waals surface area contributed by atoms with Crippen LogP contribution < -0.4 is 5.32 Å². The van der Waals surface area contributed by atoms with Gasteiger partial charge in [-0.15, -0.1) is 0 Å². The number of benzene rings is 1. The molecular weight excluding hydrogens is 339 g/mol. The summed E-state index contributed by atoms with van der Waals surface area (Å²) in [5.74, 6) is -0.305. The maximum atomic E-state index is 11.9. The molecule has 18 heavy (non-hydrogen) atoms. The summed E-state index contributed by atoms with van der Waals surface area (Å²) in [4.78, 5) is 15.9. The number of carbonyl (C=O) groups excluding carboxylic acids is 1. The SMILES string of the molecule is O=C(Nc1ccc(Cl)c(Cl)c1)c1ccc(Br)cn1. The van der Waals surface area contributed by atoms with Crippen molar-refractivity contribution < 1.29 is 4.79 Å². The van der Waals surface area contributed by atoms with E-state index in [1.54, 1.807) is 36.5 Å². The fraction of sp³-hybridized carbons (Fsp3) is 0. The zero-order chi connectivity index (χ0) is 13.1. The Bertz CT molecular complexity index is 587. The number of nitrogens with zero attached hydrogens (tertiary/aromatic N) is 1. The first-order valence-electron chi connectivity index (χ1n) is 4.94. The zero-order valence-corrected chi connectivity index (χ0v) is 12.1. The van der Waals surface area contributed by atoms with Crippen LogP contribution in [0, 0.1) is 0 Å². The van der Waals surface area contributed by atoms with Crippen LogP contribution in [0.15, 0.2) is 41.0 Å². The molecule has 0 aliphatic carbocycles. The molecule has 2 aromatic rings. The van der Waals surface area contributed by atoms with Crippen LogP contribution in [0.1, 0.15) is 10.5 Å². The molecule has 0 unspecified atom stereocenters. The van der Waals surface area contributed by atoms with Gasteiger partial charge in [-0.3, -0.25) is 4.79 Å². The van der Waals surface area contributed by atoms with Crippen LogP contribution in [0.3, 0.4) is 0 Å². The van der Waals surface area contributed by atoms with Crippen LogP contribution in [-0.4, -0.2) is 10.9 Å². The molecule has 1 amide bonds. The topological polar surface area (TPSA) is 42.0 Å². The van der Waals surface area contributed by atoms with Gasteiger partial charge >= 0.3 is 0 Å². The van der Waals surface area contributed by atoms with E-state index in [0.717, 1.165) is 4.47 Å². The second-order valence-electron chi connectivity index (χ2n) is 3.44. The third-order valence-corrected chi connectivity index (χ3v) is 3.35. The molecule has 0 bridgehead atoms. The summed E-state index contributed by atoms with van der Waals surface area (Å²) in [7, 11) is 0. The Hall–Kier alpha value is -1.10. The smallest absolute Gasteiger partial charge is 0.274 e. The molecule has 0 saturated carbocycles.